The summed E-state index contributed by atoms with van der Waals surface area (Å²) in [5, 5.41) is 8.25. The molecule has 0 saturated carbocycles. The van der Waals surface area contributed by atoms with Crippen LogP contribution in [0.1, 0.15) is 31.2 Å². The Balaban J connectivity index is 1.91. The number of carbonyl (C=O) groups is 1. The van der Waals surface area contributed by atoms with E-state index in [1.807, 2.05) is 30.3 Å². The molecule has 3 aromatic rings. The molecule has 0 amide bonds. The van der Waals surface area contributed by atoms with E-state index in [-0.39, 0.29) is 12.0 Å². The van der Waals surface area contributed by atoms with Crippen LogP contribution in [-0.4, -0.2) is 34.1 Å². The number of fused-ring (bicyclic) bond motifs is 1. The maximum atomic E-state index is 11.7. The van der Waals surface area contributed by atoms with Gasteiger partial charge in [0, 0.05) is 6.54 Å². The number of nitrogens with zero attached hydrogens (tertiary/aromatic N) is 3. The maximum absolute atomic E-state index is 11.7. The summed E-state index contributed by atoms with van der Waals surface area (Å²) in [5.41, 5.74) is 2.34. The van der Waals surface area contributed by atoms with Gasteiger partial charge in [0.15, 0.2) is 11.4 Å². The lowest BCUT2D eigenvalue weighted by atomic mass is 10.1. The van der Waals surface area contributed by atoms with Gasteiger partial charge in [-0.15, -0.1) is 11.6 Å². The Kier molecular flexibility index (Phi) is 6.71. The van der Waals surface area contributed by atoms with Crippen LogP contribution in [0.3, 0.4) is 0 Å². The van der Waals surface area contributed by atoms with E-state index < -0.39 is 6.16 Å². The van der Waals surface area contributed by atoms with E-state index in [1.165, 1.54) is 6.20 Å². The van der Waals surface area contributed by atoms with Crippen molar-refractivity contribution in [1.29, 1.82) is 0 Å². The third kappa shape index (κ3) is 4.54. The Labute approximate surface area is 168 Å². The van der Waals surface area contributed by atoms with E-state index in [2.05, 4.69) is 22.3 Å². The smallest absolute Gasteiger partial charge is 0.434 e. The molecule has 2 heterocycles. The SMILES string of the molecule is CCCNc1c(OC(=O)OCC)cnc2c1cnn2CC(Cl)c1ccccc1. The summed E-state index contributed by atoms with van der Waals surface area (Å²) in [6.45, 7) is 5.19. The summed E-state index contributed by atoms with van der Waals surface area (Å²) < 4.78 is 11.9. The maximum Gasteiger partial charge on any atom is 0.513 e. The van der Waals surface area contributed by atoms with Crippen LogP contribution in [-0.2, 0) is 11.3 Å². The second kappa shape index (κ2) is 9.41. The summed E-state index contributed by atoms with van der Waals surface area (Å²) in [6, 6.07) is 9.83. The monoisotopic (exact) mass is 402 g/mol. The lowest BCUT2D eigenvalue weighted by molar-refractivity contribution is 0.104. The number of anilines is 1. The lowest BCUT2D eigenvalue weighted by Gasteiger charge is -2.13. The lowest BCUT2D eigenvalue weighted by Crippen LogP contribution is -2.13. The third-order valence-corrected chi connectivity index (χ3v) is 4.52. The fourth-order valence-electron chi connectivity index (χ4n) is 2.81. The topological polar surface area (TPSA) is 78.3 Å². The standard InChI is InChI=1S/C20H23ClN4O3/c1-3-10-22-18-15-11-24-25(13-16(21)14-8-6-5-7-9-14)19(15)23-12-17(18)28-20(26)27-4-2/h5-9,11-12,16H,3-4,10,13H2,1-2H3,(H,22,23). The highest BCUT2D eigenvalue weighted by Crippen LogP contribution is 2.33. The first-order valence-corrected chi connectivity index (χ1v) is 9.69. The quantitative estimate of drug-likeness (QED) is 0.432. The average molecular weight is 403 g/mol. The number of alkyl halides is 1. The molecule has 0 radical (unpaired) electrons. The molecule has 0 fully saturated rings. The van der Waals surface area contributed by atoms with Gasteiger partial charge in [0.1, 0.15) is 0 Å². The van der Waals surface area contributed by atoms with Crippen molar-refractivity contribution in [2.75, 3.05) is 18.5 Å². The number of hydrogen-bond donors (Lipinski definition) is 1. The van der Waals surface area contributed by atoms with E-state index in [4.69, 9.17) is 21.1 Å². The molecule has 7 nitrogen and oxygen atoms in total. The van der Waals surface area contributed by atoms with Crippen LogP contribution < -0.4 is 10.1 Å². The highest BCUT2D eigenvalue weighted by molar-refractivity contribution is 6.20. The zero-order valence-corrected chi connectivity index (χ0v) is 16.6. The van der Waals surface area contributed by atoms with Crippen LogP contribution in [0.25, 0.3) is 11.0 Å². The van der Waals surface area contributed by atoms with E-state index in [1.54, 1.807) is 17.8 Å². The van der Waals surface area contributed by atoms with Crippen LogP contribution in [0.4, 0.5) is 10.5 Å². The number of hydrogen-bond acceptors (Lipinski definition) is 6. The Bertz CT molecular complexity index is 930. The van der Waals surface area contributed by atoms with E-state index in [0.29, 0.717) is 30.2 Å². The van der Waals surface area contributed by atoms with Crippen molar-refractivity contribution in [3.05, 3.63) is 48.3 Å². The van der Waals surface area contributed by atoms with E-state index >= 15 is 0 Å². The predicted molar refractivity (Wildman–Crippen MR) is 109 cm³/mol. The molecule has 0 bridgehead atoms. The first-order chi connectivity index (χ1) is 13.6. The van der Waals surface area contributed by atoms with Crippen molar-refractivity contribution >= 4 is 34.5 Å². The molecule has 0 aliphatic rings. The molecule has 1 unspecified atom stereocenters. The van der Waals surface area contributed by atoms with Crippen LogP contribution >= 0.6 is 11.6 Å². The number of benzene rings is 1. The third-order valence-electron chi connectivity index (χ3n) is 4.13. The van der Waals surface area contributed by atoms with Gasteiger partial charge in [-0.05, 0) is 18.9 Å². The average Bonchev–Trinajstić information content (AvgIpc) is 3.10. The van der Waals surface area contributed by atoms with Crippen molar-refractivity contribution < 1.29 is 14.3 Å². The van der Waals surface area contributed by atoms with Crippen molar-refractivity contribution in [1.82, 2.24) is 14.8 Å². The van der Waals surface area contributed by atoms with E-state index in [9.17, 15) is 4.79 Å². The van der Waals surface area contributed by atoms with Crippen LogP contribution in [0.5, 0.6) is 5.75 Å². The number of ether oxygens (including phenoxy) is 2. The number of aromatic nitrogens is 3. The minimum Gasteiger partial charge on any atom is -0.434 e. The van der Waals surface area contributed by atoms with Gasteiger partial charge < -0.3 is 14.8 Å². The molecule has 1 aromatic carbocycles. The highest BCUT2D eigenvalue weighted by Gasteiger charge is 2.18. The molecule has 0 aliphatic carbocycles. The Morgan fingerprint density at radius 3 is 2.75 bits per heavy atom. The molecule has 1 atom stereocenters. The van der Waals surface area contributed by atoms with Gasteiger partial charge in [-0.25, -0.2) is 14.5 Å². The molecular weight excluding hydrogens is 380 g/mol. The number of halogens is 1. The predicted octanol–water partition coefficient (Wildman–Crippen LogP) is 4.77. The van der Waals surface area contributed by atoms with Crippen molar-refractivity contribution in [3.63, 3.8) is 0 Å². The van der Waals surface area contributed by atoms with Crippen molar-refractivity contribution in [2.24, 2.45) is 0 Å². The molecule has 1 N–H and O–H groups in total. The Morgan fingerprint density at radius 1 is 1.25 bits per heavy atom. The van der Waals surface area contributed by atoms with Gasteiger partial charge in [0.2, 0.25) is 0 Å². The largest absolute Gasteiger partial charge is 0.513 e. The zero-order valence-electron chi connectivity index (χ0n) is 15.9. The van der Waals surface area contributed by atoms with Gasteiger partial charge >= 0.3 is 6.16 Å². The molecule has 2 aromatic heterocycles. The van der Waals surface area contributed by atoms with Gasteiger partial charge in [0.25, 0.3) is 0 Å². The minimum atomic E-state index is -0.763. The number of rotatable bonds is 8. The molecule has 3 rings (SSSR count). The van der Waals surface area contributed by atoms with Crippen LogP contribution in [0.15, 0.2) is 42.7 Å². The molecular formula is C20H23ClN4O3. The summed E-state index contributed by atoms with van der Waals surface area (Å²) in [6.07, 6.45) is 3.35. The number of carbonyl (C=O) groups excluding carboxylic acids is 1. The number of pyridine rings is 1. The first kappa shape index (κ1) is 19.9. The molecule has 0 spiro atoms. The van der Waals surface area contributed by atoms with Gasteiger partial charge in [-0.3, -0.25) is 0 Å². The van der Waals surface area contributed by atoms with Gasteiger partial charge in [-0.1, -0.05) is 37.3 Å². The van der Waals surface area contributed by atoms with Crippen LogP contribution in [0.2, 0.25) is 0 Å². The summed E-state index contributed by atoms with van der Waals surface area (Å²) in [4.78, 5) is 16.2. The normalized spacial score (nSPS) is 12.0. The zero-order chi connectivity index (χ0) is 19.9. The molecule has 148 valence electrons. The van der Waals surface area contributed by atoms with E-state index in [0.717, 1.165) is 17.4 Å². The van der Waals surface area contributed by atoms with Crippen LogP contribution in [0, 0.1) is 0 Å². The fraction of sp³-hybridized carbons (Fsp3) is 0.350. The van der Waals surface area contributed by atoms with Crippen molar-refractivity contribution in [2.45, 2.75) is 32.2 Å². The summed E-state index contributed by atoms with van der Waals surface area (Å²) in [5.74, 6) is 0.310. The molecule has 0 saturated heterocycles. The summed E-state index contributed by atoms with van der Waals surface area (Å²) in [7, 11) is 0. The highest BCUT2D eigenvalue weighted by atomic mass is 35.5. The van der Waals surface area contributed by atoms with Gasteiger partial charge in [-0.2, -0.15) is 5.10 Å². The Hall–Kier alpha value is -2.80. The Morgan fingerprint density at radius 2 is 2.04 bits per heavy atom. The second-order valence-corrected chi connectivity index (χ2v) is 6.68. The summed E-state index contributed by atoms with van der Waals surface area (Å²) >= 11 is 6.57. The van der Waals surface area contributed by atoms with Gasteiger partial charge in [0.05, 0.1) is 42.0 Å². The first-order valence-electron chi connectivity index (χ1n) is 9.26. The number of nitrogens with one attached hydrogen (secondary N) is 1. The molecule has 0 aliphatic heterocycles. The van der Waals surface area contributed by atoms with Crippen molar-refractivity contribution in [3.8, 4) is 5.75 Å². The fourth-order valence-corrected chi connectivity index (χ4v) is 3.08. The molecule has 8 heteroatoms. The minimum absolute atomic E-state index is 0.237. The second-order valence-electron chi connectivity index (χ2n) is 6.15. The molecule has 28 heavy (non-hydrogen) atoms.